The van der Waals surface area contributed by atoms with Gasteiger partial charge >= 0.3 is 0 Å². The molecule has 1 aromatic rings. The molecular weight excluding hydrogens is 223 g/mol. The highest BCUT2D eigenvalue weighted by Crippen LogP contribution is 2.20. The van der Waals surface area contributed by atoms with Gasteiger partial charge in [-0.25, -0.2) is 10.2 Å². The van der Waals surface area contributed by atoms with Crippen molar-refractivity contribution in [1.29, 1.82) is 0 Å². The molecule has 1 aromatic carbocycles. The lowest BCUT2D eigenvalue weighted by Gasteiger charge is -2.15. The molecule has 0 aliphatic carbocycles. The van der Waals surface area contributed by atoms with Crippen LogP contribution in [0, 0.1) is 12.7 Å². The summed E-state index contributed by atoms with van der Waals surface area (Å²) in [6.45, 7) is 3.64. The molecule has 0 aromatic heterocycles. The molecule has 1 amide bonds. The number of amides is 1. The van der Waals surface area contributed by atoms with E-state index in [-0.39, 0.29) is 24.2 Å². The predicted octanol–water partition coefficient (Wildman–Crippen LogP) is 1.67. The van der Waals surface area contributed by atoms with Gasteiger partial charge in [0.05, 0.1) is 6.10 Å². The Hall–Kier alpha value is -1.62. The number of hydrogen-bond acceptors (Lipinski definition) is 3. The minimum Gasteiger partial charge on any atom is -0.488 e. The predicted molar refractivity (Wildman–Crippen MR) is 62.8 cm³/mol. The smallest absolute Gasteiger partial charge is 0.234 e. The molecule has 0 bridgehead atoms. The molecule has 17 heavy (non-hydrogen) atoms. The molecule has 0 saturated carbocycles. The van der Waals surface area contributed by atoms with Crippen molar-refractivity contribution < 1.29 is 13.9 Å². The fourth-order valence-corrected chi connectivity index (χ4v) is 1.38. The van der Waals surface area contributed by atoms with Crippen LogP contribution in [0.25, 0.3) is 0 Å². The van der Waals surface area contributed by atoms with E-state index in [1.54, 1.807) is 19.1 Å². The number of hydrazine groups is 1. The Kier molecular flexibility index (Phi) is 4.90. The first-order chi connectivity index (χ1) is 8.02. The topological polar surface area (TPSA) is 64.3 Å². The third-order valence-electron chi connectivity index (χ3n) is 2.35. The van der Waals surface area contributed by atoms with E-state index < -0.39 is 5.82 Å². The second-order valence-corrected chi connectivity index (χ2v) is 3.97. The molecule has 0 aliphatic heterocycles. The molecule has 0 spiro atoms. The van der Waals surface area contributed by atoms with Crippen LogP contribution in [0.5, 0.6) is 5.75 Å². The second kappa shape index (κ2) is 6.20. The number of benzene rings is 1. The Morgan fingerprint density at radius 1 is 1.59 bits per heavy atom. The van der Waals surface area contributed by atoms with Crippen LogP contribution in [0.15, 0.2) is 18.2 Å². The van der Waals surface area contributed by atoms with Gasteiger partial charge in [-0.2, -0.15) is 0 Å². The number of halogens is 1. The highest BCUT2D eigenvalue weighted by Gasteiger charge is 2.10. The standard InChI is InChI=1S/C12H17FN2O2/c1-8-3-5-10(13)11(7-8)17-9(2)4-6-12(16)15-14/h3,5,7,9H,4,6,14H2,1-2H3,(H,15,16). The molecule has 0 aliphatic rings. The average molecular weight is 240 g/mol. The van der Waals surface area contributed by atoms with E-state index in [9.17, 15) is 9.18 Å². The molecule has 94 valence electrons. The fraction of sp³-hybridized carbons (Fsp3) is 0.417. The van der Waals surface area contributed by atoms with Gasteiger partial charge in [-0.3, -0.25) is 10.2 Å². The van der Waals surface area contributed by atoms with Gasteiger partial charge < -0.3 is 4.74 Å². The Morgan fingerprint density at radius 2 is 2.29 bits per heavy atom. The Balaban J connectivity index is 2.52. The van der Waals surface area contributed by atoms with Crippen molar-refractivity contribution in [2.24, 2.45) is 5.84 Å². The molecule has 0 radical (unpaired) electrons. The van der Waals surface area contributed by atoms with E-state index in [4.69, 9.17) is 10.6 Å². The van der Waals surface area contributed by atoms with E-state index in [0.717, 1.165) is 5.56 Å². The van der Waals surface area contributed by atoms with E-state index in [1.807, 2.05) is 12.3 Å². The maximum atomic E-state index is 13.4. The number of aryl methyl sites for hydroxylation is 1. The fourth-order valence-electron chi connectivity index (χ4n) is 1.38. The van der Waals surface area contributed by atoms with Gasteiger partial charge in [0.15, 0.2) is 11.6 Å². The number of nitrogens with two attached hydrogens (primary N) is 1. The molecule has 0 fully saturated rings. The number of hydrogen-bond donors (Lipinski definition) is 2. The normalized spacial score (nSPS) is 12.0. The first kappa shape index (κ1) is 13.4. The summed E-state index contributed by atoms with van der Waals surface area (Å²) in [7, 11) is 0. The van der Waals surface area contributed by atoms with Crippen molar-refractivity contribution in [2.45, 2.75) is 32.8 Å². The van der Waals surface area contributed by atoms with E-state index >= 15 is 0 Å². The summed E-state index contributed by atoms with van der Waals surface area (Å²) in [6, 6.07) is 4.67. The molecule has 3 N–H and O–H groups in total. The number of rotatable bonds is 5. The minimum absolute atomic E-state index is 0.214. The van der Waals surface area contributed by atoms with Crippen molar-refractivity contribution in [3.05, 3.63) is 29.6 Å². The van der Waals surface area contributed by atoms with Gasteiger partial charge in [-0.1, -0.05) is 6.07 Å². The molecule has 4 nitrogen and oxygen atoms in total. The van der Waals surface area contributed by atoms with Crippen molar-refractivity contribution in [3.8, 4) is 5.75 Å². The zero-order valence-corrected chi connectivity index (χ0v) is 10.00. The van der Waals surface area contributed by atoms with Crippen LogP contribution in [-0.2, 0) is 4.79 Å². The first-order valence-corrected chi connectivity index (χ1v) is 5.45. The van der Waals surface area contributed by atoms with Crippen molar-refractivity contribution in [3.63, 3.8) is 0 Å². The third kappa shape index (κ3) is 4.40. The largest absolute Gasteiger partial charge is 0.488 e. The molecule has 5 heteroatoms. The van der Waals surface area contributed by atoms with Crippen LogP contribution in [-0.4, -0.2) is 12.0 Å². The van der Waals surface area contributed by atoms with E-state index in [1.165, 1.54) is 6.07 Å². The van der Waals surface area contributed by atoms with Crippen LogP contribution < -0.4 is 16.0 Å². The molecular formula is C12H17FN2O2. The summed E-state index contributed by atoms with van der Waals surface area (Å²) in [6.07, 6.45) is 0.491. The van der Waals surface area contributed by atoms with Crippen LogP contribution in [0.3, 0.4) is 0 Å². The zero-order chi connectivity index (χ0) is 12.8. The zero-order valence-electron chi connectivity index (χ0n) is 10.00. The molecule has 0 saturated heterocycles. The maximum absolute atomic E-state index is 13.4. The van der Waals surface area contributed by atoms with Gasteiger partial charge in [0.1, 0.15) is 0 Å². The van der Waals surface area contributed by atoms with Crippen LogP contribution in [0.1, 0.15) is 25.3 Å². The highest BCUT2D eigenvalue weighted by atomic mass is 19.1. The summed E-state index contributed by atoms with van der Waals surface area (Å²) < 4.78 is 18.8. The van der Waals surface area contributed by atoms with Gasteiger partial charge in [0.2, 0.25) is 5.91 Å². The molecule has 1 unspecified atom stereocenters. The SMILES string of the molecule is Cc1ccc(F)c(OC(C)CCC(=O)NN)c1. The Morgan fingerprint density at radius 3 is 2.94 bits per heavy atom. The molecule has 1 rings (SSSR count). The van der Waals surface area contributed by atoms with E-state index in [2.05, 4.69) is 0 Å². The summed E-state index contributed by atoms with van der Waals surface area (Å²) in [5.41, 5.74) is 2.96. The first-order valence-electron chi connectivity index (χ1n) is 5.45. The number of carbonyl (C=O) groups is 1. The second-order valence-electron chi connectivity index (χ2n) is 3.97. The third-order valence-corrected chi connectivity index (χ3v) is 2.35. The minimum atomic E-state index is -0.397. The van der Waals surface area contributed by atoms with Crippen molar-refractivity contribution >= 4 is 5.91 Å². The van der Waals surface area contributed by atoms with Crippen LogP contribution >= 0.6 is 0 Å². The lowest BCUT2D eigenvalue weighted by Crippen LogP contribution is -2.30. The number of nitrogens with one attached hydrogen (secondary N) is 1. The average Bonchev–Trinajstić information content (AvgIpc) is 2.30. The van der Waals surface area contributed by atoms with E-state index in [0.29, 0.717) is 6.42 Å². The summed E-state index contributed by atoms with van der Waals surface area (Å²) in [5, 5.41) is 0. The Labute approximate surface area is 99.9 Å². The van der Waals surface area contributed by atoms with Gasteiger partial charge in [-0.15, -0.1) is 0 Å². The summed E-state index contributed by atoms with van der Waals surface area (Å²) in [4.78, 5) is 10.9. The van der Waals surface area contributed by atoms with Crippen molar-refractivity contribution in [1.82, 2.24) is 5.43 Å². The van der Waals surface area contributed by atoms with Gasteiger partial charge in [0.25, 0.3) is 0 Å². The highest BCUT2D eigenvalue weighted by molar-refractivity contribution is 5.75. The van der Waals surface area contributed by atoms with Gasteiger partial charge in [0, 0.05) is 6.42 Å². The van der Waals surface area contributed by atoms with Crippen LogP contribution in [0.4, 0.5) is 4.39 Å². The summed E-state index contributed by atoms with van der Waals surface area (Å²) >= 11 is 0. The quantitative estimate of drug-likeness (QED) is 0.467. The maximum Gasteiger partial charge on any atom is 0.234 e. The van der Waals surface area contributed by atoms with Crippen LogP contribution in [0.2, 0.25) is 0 Å². The lowest BCUT2D eigenvalue weighted by atomic mass is 10.2. The Bertz CT molecular complexity index is 396. The molecule has 1 atom stereocenters. The number of ether oxygens (including phenoxy) is 1. The van der Waals surface area contributed by atoms with Crippen molar-refractivity contribution in [2.75, 3.05) is 0 Å². The lowest BCUT2D eigenvalue weighted by molar-refractivity contribution is -0.121. The van der Waals surface area contributed by atoms with Gasteiger partial charge in [-0.05, 0) is 38.0 Å². The monoisotopic (exact) mass is 240 g/mol. The molecule has 0 heterocycles. The summed E-state index contributed by atoms with van der Waals surface area (Å²) in [5.74, 6) is 4.51. The number of carbonyl (C=O) groups excluding carboxylic acids is 1.